The van der Waals surface area contributed by atoms with Crippen molar-refractivity contribution in [2.45, 2.75) is 6.35 Å². The molecule has 1 aliphatic heterocycles. The van der Waals surface area contributed by atoms with Gasteiger partial charge in [0.15, 0.2) is 5.76 Å². The molecule has 10 heteroatoms. The summed E-state index contributed by atoms with van der Waals surface area (Å²) in [5.74, 6) is -0.712. The van der Waals surface area contributed by atoms with Crippen LogP contribution in [0.1, 0.15) is 5.76 Å². The Kier molecular flexibility index (Phi) is 4.84. The van der Waals surface area contributed by atoms with E-state index in [2.05, 4.69) is 10.4 Å². The van der Waals surface area contributed by atoms with Gasteiger partial charge in [-0.05, 0) is 6.07 Å². The zero-order valence-electron chi connectivity index (χ0n) is 9.40. The summed E-state index contributed by atoms with van der Waals surface area (Å²) in [7, 11) is 0. The molecule has 2 heterocycles. The molecule has 90 valence electrons. The van der Waals surface area contributed by atoms with Crippen LogP contribution in [0.2, 0.25) is 0 Å². The Morgan fingerprint density at radius 2 is 2.33 bits per heavy atom. The maximum absolute atomic E-state index is 11.1. The normalized spacial score (nSPS) is 18.8. The summed E-state index contributed by atoms with van der Waals surface area (Å²) in [4.78, 5) is 20.5. The molecule has 1 unspecified atom stereocenters. The largest absolute Gasteiger partial charge is 1.00 e. The fraction of sp³-hybridized carbons (Fsp3) is 0.250. The molecule has 1 amide bonds. The molecule has 9 nitrogen and oxygen atoms in total. The van der Waals surface area contributed by atoms with Gasteiger partial charge in [-0.25, -0.2) is 0 Å². The Balaban J connectivity index is 0.00000162. The van der Waals surface area contributed by atoms with E-state index >= 15 is 0 Å². The van der Waals surface area contributed by atoms with Gasteiger partial charge in [0.05, 0.1) is 12.3 Å². The van der Waals surface area contributed by atoms with Gasteiger partial charge in [0, 0.05) is 6.35 Å². The van der Waals surface area contributed by atoms with Crippen LogP contribution >= 0.6 is 0 Å². The second kappa shape index (κ2) is 5.96. The first-order chi connectivity index (χ1) is 8.06. The van der Waals surface area contributed by atoms with Crippen LogP contribution in [-0.2, 0) is 4.79 Å². The number of nitrogens with one attached hydrogen (secondary N) is 1. The van der Waals surface area contributed by atoms with E-state index in [1.807, 2.05) is 0 Å². The van der Waals surface area contributed by atoms with Crippen LogP contribution in [0.3, 0.4) is 0 Å². The van der Waals surface area contributed by atoms with E-state index in [1.54, 1.807) is 0 Å². The number of rotatable bonds is 3. The van der Waals surface area contributed by atoms with Gasteiger partial charge in [0.25, 0.3) is 0 Å². The molecule has 1 N–H and O–H groups in total. The molecule has 0 aliphatic carbocycles. The summed E-state index contributed by atoms with van der Waals surface area (Å²) in [6.07, 6.45) is -0.304. The fourth-order valence-electron chi connectivity index (χ4n) is 1.23. The SMILES string of the molecule is O=C1CN(/N=C/c2ccc([N+](=O)[O-])o2)C([O-])N1.[Na+]. The predicted molar refractivity (Wildman–Crippen MR) is 51.6 cm³/mol. The first kappa shape index (κ1) is 14.6. The Labute approximate surface area is 123 Å². The summed E-state index contributed by atoms with van der Waals surface area (Å²) >= 11 is 0. The average Bonchev–Trinajstić information content (AvgIpc) is 2.82. The van der Waals surface area contributed by atoms with Crippen molar-refractivity contribution in [2.75, 3.05) is 6.54 Å². The van der Waals surface area contributed by atoms with Gasteiger partial charge in [0.2, 0.25) is 5.91 Å². The third-order valence-corrected chi connectivity index (χ3v) is 1.99. The van der Waals surface area contributed by atoms with E-state index in [0.29, 0.717) is 0 Å². The number of hydrogen-bond acceptors (Lipinski definition) is 7. The van der Waals surface area contributed by atoms with Crippen molar-refractivity contribution in [3.05, 3.63) is 28.0 Å². The van der Waals surface area contributed by atoms with E-state index < -0.39 is 23.1 Å². The Hall–Kier alpha value is -1.42. The summed E-state index contributed by atoms with van der Waals surface area (Å²) in [5, 5.41) is 28.2. The zero-order valence-corrected chi connectivity index (χ0v) is 11.4. The van der Waals surface area contributed by atoms with Crippen molar-refractivity contribution >= 4 is 18.0 Å². The van der Waals surface area contributed by atoms with Crippen molar-refractivity contribution in [1.82, 2.24) is 10.3 Å². The molecule has 1 atom stereocenters. The predicted octanol–water partition coefficient (Wildman–Crippen LogP) is -4.40. The maximum Gasteiger partial charge on any atom is 1.00 e. The second-order valence-electron chi connectivity index (χ2n) is 3.20. The van der Waals surface area contributed by atoms with Crippen molar-refractivity contribution in [2.24, 2.45) is 5.10 Å². The molecule has 0 saturated carbocycles. The van der Waals surface area contributed by atoms with Crippen LogP contribution < -0.4 is 40.0 Å². The van der Waals surface area contributed by atoms with Crippen LogP contribution in [0.5, 0.6) is 0 Å². The molecule has 1 aromatic heterocycles. The minimum Gasteiger partial charge on any atom is -0.819 e. The molecule has 0 radical (unpaired) electrons. The van der Waals surface area contributed by atoms with Gasteiger partial charge >= 0.3 is 35.4 Å². The van der Waals surface area contributed by atoms with Crippen LogP contribution in [0.15, 0.2) is 21.7 Å². The summed E-state index contributed by atoms with van der Waals surface area (Å²) in [6.45, 7) is -0.145. The number of amides is 1. The van der Waals surface area contributed by atoms with E-state index in [9.17, 15) is 20.0 Å². The topological polar surface area (TPSA) is 124 Å². The fourth-order valence-corrected chi connectivity index (χ4v) is 1.23. The standard InChI is InChI=1S/C8H7N4O5.Na/c13-6-4-11(8(14)10-6)9-3-5-1-2-7(17-5)12(15)16;/h1-3,8H,4H2,(H,10,13);/q-1;+1/b9-3+;. The summed E-state index contributed by atoms with van der Waals surface area (Å²) in [5.41, 5.74) is 0. The van der Waals surface area contributed by atoms with E-state index in [0.717, 1.165) is 11.2 Å². The monoisotopic (exact) mass is 262 g/mol. The molecule has 18 heavy (non-hydrogen) atoms. The number of carbonyl (C=O) groups is 1. The Morgan fingerprint density at radius 1 is 1.61 bits per heavy atom. The smallest absolute Gasteiger partial charge is 0.819 e. The van der Waals surface area contributed by atoms with Crippen LogP contribution in [-0.4, -0.2) is 35.0 Å². The van der Waals surface area contributed by atoms with Crippen molar-refractivity contribution in [3.8, 4) is 0 Å². The van der Waals surface area contributed by atoms with Gasteiger partial charge in [-0.1, -0.05) is 0 Å². The van der Waals surface area contributed by atoms with Gasteiger partial charge in [0.1, 0.15) is 11.5 Å². The second-order valence-corrected chi connectivity index (χ2v) is 3.20. The van der Waals surface area contributed by atoms with E-state index in [-0.39, 0.29) is 41.9 Å². The maximum atomic E-state index is 11.1. The molecule has 2 rings (SSSR count). The first-order valence-electron chi connectivity index (χ1n) is 4.56. The zero-order chi connectivity index (χ0) is 12.4. The summed E-state index contributed by atoms with van der Waals surface area (Å²) in [6, 6.07) is 2.51. The van der Waals surface area contributed by atoms with Crippen molar-refractivity contribution in [3.63, 3.8) is 0 Å². The third kappa shape index (κ3) is 3.29. The van der Waals surface area contributed by atoms with Crippen LogP contribution in [0.25, 0.3) is 0 Å². The number of nitrogens with zero attached hydrogens (tertiary/aromatic N) is 3. The number of hydrogen-bond donors (Lipinski definition) is 1. The summed E-state index contributed by atoms with van der Waals surface area (Å²) < 4.78 is 4.78. The van der Waals surface area contributed by atoms with Gasteiger partial charge < -0.3 is 14.8 Å². The molecule has 1 saturated heterocycles. The Bertz CT molecular complexity index is 488. The molecular formula is C8H7N4NaO5. The minimum atomic E-state index is -1.44. The molecule has 1 aliphatic rings. The van der Waals surface area contributed by atoms with Gasteiger partial charge in [-0.3, -0.25) is 19.9 Å². The van der Waals surface area contributed by atoms with E-state index in [1.165, 1.54) is 12.1 Å². The van der Waals surface area contributed by atoms with Gasteiger partial charge in [-0.15, -0.1) is 0 Å². The van der Waals surface area contributed by atoms with Crippen LogP contribution in [0, 0.1) is 10.1 Å². The van der Waals surface area contributed by atoms with Crippen molar-refractivity contribution in [1.29, 1.82) is 0 Å². The molecular weight excluding hydrogens is 255 g/mol. The number of nitro groups is 1. The molecule has 1 aromatic rings. The number of carbonyl (C=O) groups excluding carboxylic acids is 1. The number of hydrazone groups is 1. The number of furan rings is 1. The average molecular weight is 262 g/mol. The third-order valence-electron chi connectivity index (χ3n) is 1.99. The molecule has 0 bridgehead atoms. The molecule has 1 fully saturated rings. The van der Waals surface area contributed by atoms with Crippen molar-refractivity contribution < 1.29 is 48.8 Å². The molecule has 0 aromatic carbocycles. The van der Waals surface area contributed by atoms with Gasteiger partial charge in [-0.2, -0.15) is 5.10 Å². The van der Waals surface area contributed by atoms with E-state index in [4.69, 9.17) is 4.42 Å². The first-order valence-corrected chi connectivity index (χ1v) is 4.56. The van der Waals surface area contributed by atoms with Crippen LogP contribution in [0.4, 0.5) is 5.88 Å². The molecule has 0 spiro atoms. The Morgan fingerprint density at radius 3 is 2.83 bits per heavy atom. The minimum absolute atomic E-state index is 0. The quantitative estimate of drug-likeness (QED) is 0.254.